The van der Waals surface area contributed by atoms with Gasteiger partial charge in [0.1, 0.15) is 12.6 Å². The highest BCUT2D eigenvalue weighted by atomic mass is 35.5. The number of carbonyl (C=O) groups is 2. The van der Waals surface area contributed by atoms with E-state index < -0.39 is 28.5 Å². The number of aryl methyl sites for hydroxylation is 2. The lowest BCUT2D eigenvalue weighted by Crippen LogP contribution is -2.52. The van der Waals surface area contributed by atoms with E-state index in [1.54, 1.807) is 56.3 Å². The van der Waals surface area contributed by atoms with E-state index in [-0.39, 0.29) is 29.0 Å². The minimum absolute atomic E-state index is 0.0225. The van der Waals surface area contributed by atoms with E-state index in [0.29, 0.717) is 39.2 Å². The third-order valence-electron chi connectivity index (χ3n) is 6.75. The van der Waals surface area contributed by atoms with Crippen LogP contribution in [-0.4, -0.2) is 44.3 Å². The van der Waals surface area contributed by atoms with Gasteiger partial charge in [0.25, 0.3) is 10.0 Å². The third-order valence-corrected chi connectivity index (χ3v) is 9.35. The zero-order chi connectivity index (χ0) is 31.2. The van der Waals surface area contributed by atoms with Crippen LogP contribution in [0.1, 0.15) is 43.9 Å². The van der Waals surface area contributed by atoms with Gasteiger partial charge in [-0.15, -0.1) is 0 Å². The molecule has 0 saturated carbocycles. The van der Waals surface area contributed by atoms with Gasteiger partial charge < -0.3 is 10.2 Å². The first-order chi connectivity index (χ1) is 19.7. The number of hydrogen-bond donors (Lipinski definition) is 1. The molecule has 0 heterocycles. The summed E-state index contributed by atoms with van der Waals surface area (Å²) in [5.41, 5.74) is 2.33. The third kappa shape index (κ3) is 8.40. The molecule has 1 unspecified atom stereocenters. The van der Waals surface area contributed by atoms with Crippen molar-refractivity contribution >= 4 is 62.3 Å². The molecule has 0 aliphatic carbocycles. The first-order valence-corrected chi connectivity index (χ1v) is 16.2. The van der Waals surface area contributed by atoms with Gasteiger partial charge in [0.15, 0.2) is 0 Å². The molecule has 0 fully saturated rings. The molecular weight excluding hydrogens is 617 g/mol. The summed E-state index contributed by atoms with van der Waals surface area (Å²) < 4.78 is 29.2. The molecule has 2 amide bonds. The topological polar surface area (TPSA) is 86.8 Å². The van der Waals surface area contributed by atoms with E-state index in [9.17, 15) is 18.0 Å². The number of rotatable bonds is 12. The summed E-state index contributed by atoms with van der Waals surface area (Å²) in [7, 11) is -4.22. The molecule has 0 aliphatic heterocycles. The molecule has 1 N–H and O–H groups in total. The fourth-order valence-electron chi connectivity index (χ4n) is 4.38. The summed E-state index contributed by atoms with van der Waals surface area (Å²) in [5.74, 6) is -0.721. The maximum Gasteiger partial charge on any atom is 0.264 e. The molecule has 42 heavy (non-hydrogen) atoms. The van der Waals surface area contributed by atoms with E-state index >= 15 is 0 Å². The Morgan fingerprint density at radius 3 is 2.12 bits per heavy atom. The van der Waals surface area contributed by atoms with Crippen LogP contribution in [-0.2, 0) is 26.2 Å². The fourth-order valence-corrected chi connectivity index (χ4v) is 6.48. The van der Waals surface area contributed by atoms with Crippen LogP contribution in [0.2, 0.25) is 15.1 Å². The Hall–Kier alpha value is -2.78. The van der Waals surface area contributed by atoms with Crippen molar-refractivity contribution in [2.75, 3.05) is 17.4 Å². The number of nitrogens with one attached hydrogen (secondary N) is 1. The SMILES string of the molecule is CCC(C(=O)NCC(C)C)N(Cc1ccc(Cl)cc1Cl)C(=O)CN(c1cc(Cl)ccc1C)S(=O)(=O)c1ccc(C)cc1. The molecule has 226 valence electrons. The number of anilines is 1. The van der Waals surface area contributed by atoms with Gasteiger partial charge >= 0.3 is 0 Å². The summed E-state index contributed by atoms with van der Waals surface area (Å²) in [4.78, 5) is 29.0. The summed E-state index contributed by atoms with van der Waals surface area (Å²) in [6.45, 7) is 9.16. The monoisotopic (exact) mass is 651 g/mol. The van der Waals surface area contributed by atoms with E-state index in [1.165, 1.54) is 23.1 Å². The van der Waals surface area contributed by atoms with Crippen LogP contribution < -0.4 is 9.62 Å². The Labute approximate surface area is 263 Å². The van der Waals surface area contributed by atoms with Gasteiger partial charge in [-0.1, -0.05) is 85.4 Å². The maximum atomic E-state index is 14.2. The highest BCUT2D eigenvalue weighted by Crippen LogP contribution is 2.31. The zero-order valence-electron chi connectivity index (χ0n) is 24.3. The highest BCUT2D eigenvalue weighted by Gasteiger charge is 2.34. The van der Waals surface area contributed by atoms with Crippen LogP contribution in [0.3, 0.4) is 0 Å². The first-order valence-electron chi connectivity index (χ1n) is 13.6. The van der Waals surface area contributed by atoms with E-state index in [4.69, 9.17) is 34.8 Å². The molecule has 1 atom stereocenters. The van der Waals surface area contributed by atoms with Crippen molar-refractivity contribution < 1.29 is 18.0 Å². The van der Waals surface area contributed by atoms with E-state index in [2.05, 4.69) is 5.32 Å². The quantitative estimate of drug-likeness (QED) is 0.227. The summed E-state index contributed by atoms with van der Waals surface area (Å²) in [5, 5.41) is 3.97. The molecule has 0 radical (unpaired) electrons. The van der Waals surface area contributed by atoms with Crippen molar-refractivity contribution in [2.45, 2.75) is 58.5 Å². The van der Waals surface area contributed by atoms with Crippen molar-refractivity contribution in [1.82, 2.24) is 10.2 Å². The van der Waals surface area contributed by atoms with E-state index in [1.807, 2.05) is 20.8 Å². The number of carbonyl (C=O) groups excluding carboxylic acids is 2. The summed E-state index contributed by atoms with van der Waals surface area (Å²) >= 11 is 18.9. The fraction of sp³-hybridized carbons (Fsp3) is 0.355. The van der Waals surface area contributed by atoms with Gasteiger partial charge in [-0.25, -0.2) is 8.42 Å². The molecule has 3 aromatic rings. The molecule has 3 rings (SSSR count). The van der Waals surface area contributed by atoms with Crippen LogP contribution >= 0.6 is 34.8 Å². The number of amides is 2. The molecule has 0 saturated heterocycles. The van der Waals surface area contributed by atoms with E-state index in [0.717, 1.165) is 9.87 Å². The summed E-state index contributed by atoms with van der Waals surface area (Å²) in [6, 6.07) is 15.3. The van der Waals surface area contributed by atoms with Gasteiger partial charge in [0.05, 0.1) is 10.6 Å². The van der Waals surface area contributed by atoms with Crippen LogP contribution in [0.4, 0.5) is 5.69 Å². The Morgan fingerprint density at radius 2 is 1.52 bits per heavy atom. The smallest absolute Gasteiger partial charge is 0.264 e. The normalized spacial score (nSPS) is 12.2. The molecule has 11 heteroatoms. The number of nitrogens with zero attached hydrogens (tertiary/aromatic N) is 2. The lowest BCUT2D eigenvalue weighted by Gasteiger charge is -2.34. The second-order valence-electron chi connectivity index (χ2n) is 10.6. The van der Waals surface area contributed by atoms with Crippen molar-refractivity contribution in [3.8, 4) is 0 Å². The van der Waals surface area contributed by atoms with Crippen molar-refractivity contribution in [3.63, 3.8) is 0 Å². The second kappa shape index (κ2) is 14.6. The number of benzene rings is 3. The van der Waals surface area contributed by atoms with Crippen molar-refractivity contribution in [1.29, 1.82) is 0 Å². The predicted molar refractivity (Wildman–Crippen MR) is 171 cm³/mol. The van der Waals surface area contributed by atoms with Gasteiger partial charge in [0, 0.05) is 28.2 Å². The minimum Gasteiger partial charge on any atom is -0.354 e. The Bertz CT molecular complexity index is 1530. The van der Waals surface area contributed by atoms with Gasteiger partial charge in [-0.2, -0.15) is 0 Å². The standard InChI is InChI=1S/C31H36Cl3N3O4S/c1-6-28(31(39)35-17-20(2)3)36(18-23-10-12-24(32)15-27(23)34)30(38)19-37(29-16-25(33)11-9-22(29)5)42(40,41)26-13-7-21(4)8-14-26/h7-16,20,28H,6,17-19H2,1-5H3,(H,35,39). The number of sulfonamides is 1. The van der Waals surface area contributed by atoms with Crippen molar-refractivity contribution in [2.24, 2.45) is 5.92 Å². The van der Waals surface area contributed by atoms with Crippen LogP contribution in [0.15, 0.2) is 65.6 Å². The first kappa shape index (κ1) is 33.7. The molecule has 3 aromatic carbocycles. The average molecular weight is 653 g/mol. The Balaban J connectivity index is 2.11. The van der Waals surface area contributed by atoms with Gasteiger partial charge in [0.2, 0.25) is 11.8 Å². The zero-order valence-corrected chi connectivity index (χ0v) is 27.4. The maximum absolute atomic E-state index is 14.2. The van der Waals surface area contributed by atoms with Crippen LogP contribution in [0, 0.1) is 19.8 Å². The second-order valence-corrected chi connectivity index (χ2v) is 13.7. The predicted octanol–water partition coefficient (Wildman–Crippen LogP) is 7.04. The molecule has 0 aromatic heterocycles. The lowest BCUT2D eigenvalue weighted by molar-refractivity contribution is -0.140. The highest BCUT2D eigenvalue weighted by molar-refractivity contribution is 7.92. The number of hydrogen-bond acceptors (Lipinski definition) is 4. The van der Waals surface area contributed by atoms with Crippen LogP contribution in [0.25, 0.3) is 0 Å². The van der Waals surface area contributed by atoms with Gasteiger partial charge in [-0.05, 0) is 73.7 Å². The molecular formula is C31H36Cl3N3O4S. The lowest BCUT2D eigenvalue weighted by atomic mass is 10.1. The Kier molecular flexibility index (Phi) is 11.7. The van der Waals surface area contributed by atoms with Crippen LogP contribution in [0.5, 0.6) is 0 Å². The Morgan fingerprint density at radius 1 is 0.905 bits per heavy atom. The molecule has 0 aliphatic rings. The molecule has 0 spiro atoms. The summed E-state index contributed by atoms with van der Waals surface area (Å²) in [6.07, 6.45) is 0.293. The molecule has 7 nitrogen and oxygen atoms in total. The number of halogens is 3. The van der Waals surface area contributed by atoms with Crippen molar-refractivity contribution in [3.05, 3.63) is 92.4 Å². The molecule has 0 bridgehead atoms. The minimum atomic E-state index is -4.22. The average Bonchev–Trinajstić information content (AvgIpc) is 2.93. The van der Waals surface area contributed by atoms with Gasteiger partial charge in [-0.3, -0.25) is 13.9 Å². The largest absolute Gasteiger partial charge is 0.354 e.